The summed E-state index contributed by atoms with van der Waals surface area (Å²) in [4.78, 5) is 42.0. The van der Waals surface area contributed by atoms with Crippen molar-refractivity contribution in [2.24, 2.45) is 39.9 Å². The van der Waals surface area contributed by atoms with Gasteiger partial charge in [0, 0.05) is 47.5 Å². The number of cyclic esters (lactones) is 2. The van der Waals surface area contributed by atoms with Crippen LogP contribution in [-0.2, 0) is 39.8 Å². The maximum absolute atomic E-state index is 15.1. The number of hydrogen-bond donors (Lipinski definition) is 3. The molecule has 298 valence electrons. The minimum atomic E-state index is -1.39. The topological polar surface area (TPSA) is 149 Å². The number of nitrogens with one attached hydrogen (secondary N) is 2. The van der Waals surface area contributed by atoms with E-state index in [1.807, 2.05) is 19.9 Å². The van der Waals surface area contributed by atoms with E-state index in [2.05, 4.69) is 24.5 Å². The van der Waals surface area contributed by atoms with E-state index in [0.717, 1.165) is 56.6 Å². The first-order valence-corrected chi connectivity index (χ1v) is 21.3. The van der Waals surface area contributed by atoms with Gasteiger partial charge in [0.1, 0.15) is 30.2 Å². The van der Waals surface area contributed by atoms with E-state index in [9.17, 15) is 14.7 Å². The second-order valence-corrected chi connectivity index (χ2v) is 19.3. The first-order chi connectivity index (χ1) is 25.9. The highest BCUT2D eigenvalue weighted by atomic mass is 16.7. The molecule has 1 aromatic heterocycles. The number of unbranched alkanes of at least 4 members (excludes halogenated alkanes) is 3. The molecule has 0 bridgehead atoms. The number of aliphatic hydroxyl groups is 1. The molecule has 9 rings (SSSR count). The van der Waals surface area contributed by atoms with Gasteiger partial charge in [-0.15, -0.1) is 0 Å². The minimum absolute atomic E-state index is 0.0684. The second kappa shape index (κ2) is 13.4. The molecule has 3 aliphatic carbocycles. The molecule has 13 unspecified atom stereocenters. The van der Waals surface area contributed by atoms with Gasteiger partial charge in [-0.05, 0) is 69.3 Å². The summed E-state index contributed by atoms with van der Waals surface area (Å²) >= 11 is 0. The van der Waals surface area contributed by atoms with Gasteiger partial charge in [-0.3, -0.25) is 9.59 Å². The van der Waals surface area contributed by atoms with E-state index in [1.54, 1.807) is 6.26 Å². The molecule has 3 saturated carbocycles. The van der Waals surface area contributed by atoms with Crippen LogP contribution in [0.25, 0.3) is 0 Å². The summed E-state index contributed by atoms with van der Waals surface area (Å²) < 4.78 is 32.0. The van der Waals surface area contributed by atoms with Crippen molar-refractivity contribution in [1.82, 2.24) is 10.6 Å². The largest absolute Gasteiger partial charge is 0.469 e. The number of fused-ring (bicyclic) bond motifs is 1. The Morgan fingerprint density at radius 1 is 1.00 bits per heavy atom. The molecule has 8 fully saturated rings. The zero-order valence-corrected chi connectivity index (χ0v) is 32.8. The molecular weight excluding hydrogens is 688 g/mol. The van der Waals surface area contributed by atoms with Crippen LogP contribution >= 0.6 is 0 Å². The molecule has 5 saturated heterocycles. The molecule has 1 aromatic rings. The normalized spacial score (nSPS) is 45.9. The Bertz CT molecular complexity index is 1640. The monoisotopic (exact) mass is 750 g/mol. The molecule has 0 aromatic carbocycles. The van der Waals surface area contributed by atoms with Gasteiger partial charge in [0.15, 0.2) is 11.9 Å². The average Bonchev–Trinajstić information content (AvgIpc) is 3.66. The molecule has 11 nitrogen and oxygen atoms in total. The number of carbonyl (C=O) groups excluding carboxylic acids is 3. The molecule has 2 spiro atoms. The van der Waals surface area contributed by atoms with Gasteiger partial charge in [-0.2, -0.15) is 0 Å². The summed E-state index contributed by atoms with van der Waals surface area (Å²) in [7, 11) is 0. The maximum atomic E-state index is 15.1. The quantitative estimate of drug-likeness (QED) is 0.137. The zero-order chi connectivity index (χ0) is 37.7. The SMILES string of the molecule is CC(CCC1(C)OC2CC(=O)OCC23C1C(=O)C(O)C1(C)C3CCC2(C)C(c3ccoc3CCCCCCC3CNCN3)OC(=O)C3OC321)C1CCCC1. The molecule has 5 aliphatic heterocycles. The molecule has 0 radical (unpaired) electrons. The van der Waals surface area contributed by atoms with Crippen molar-refractivity contribution in [3.8, 4) is 0 Å². The first kappa shape index (κ1) is 37.3. The van der Waals surface area contributed by atoms with E-state index in [4.69, 9.17) is 23.4 Å². The maximum Gasteiger partial charge on any atom is 0.339 e. The fraction of sp³-hybridized carbons (Fsp3) is 0.837. The van der Waals surface area contributed by atoms with Crippen molar-refractivity contribution < 1.29 is 42.9 Å². The van der Waals surface area contributed by atoms with Gasteiger partial charge in [-0.1, -0.05) is 65.7 Å². The van der Waals surface area contributed by atoms with Crippen LogP contribution in [0, 0.1) is 39.9 Å². The number of esters is 2. The Balaban J connectivity index is 0.999. The molecule has 6 heterocycles. The van der Waals surface area contributed by atoms with Crippen molar-refractivity contribution in [2.45, 2.75) is 166 Å². The van der Waals surface area contributed by atoms with E-state index in [0.29, 0.717) is 37.1 Å². The lowest BCUT2D eigenvalue weighted by Gasteiger charge is -2.66. The highest BCUT2D eigenvalue weighted by Gasteiger charge is 2.91. The standard InChI is InChI=1S/C43H62N2O9/c1-25(26-11-9-10-12-26)15-19-40(3)34-33(47)35(48)41(4)30(42(34)23-51-32(46)21-31(42)53-40)16-18-39(2)36(52-38(49)37-43(39,41)54-37)28-17-20-50-29(28)14-8-6-5-7-13-27-22-44-24-45-27/h17,20,25-27,30-31,34-37,44-45,48H,5-16,18-19,21-24H2,1-4H3. The van der Waals surface area contributed by atoms with E-state index >= 15 is 4.79 Å². The molecule has 0 amide bonds. The van der Waals surface area contributed by atoms with Crippen LogP contribution in [0.4, 0.5) is 0 Å². The number of ketones is 1. The molecule has 54 heavy (non-hydrogen) atoms. The summed E-state index contributed by atoms with van der Waals surface area (Å²) in [6.45, 7) is 10.4. The van der Waals surface area contributed by atoms with Crippen LogP contribution in [0.15, 0.2) is 16.7 Å². The van der Waals surface area contributed by atoms with E-state index in [-0.39, 0.29) is 30.7 Å². The Kier molecular flexibility index (Phi) is 9.24. The Morgan fingerprint density at radius 2 is 1.80 bits per heavy atom. The number of rotatable bonds is 12. The average molecular weight is 751 g/mol. The molecule has 13 atom stereocenters. The van der Waals surface area contributed by atoms with Crippen molar-refractivity contribution >= 4 is 17.7 Å². The van der Waals surface area contributed by atoms with Gasteiger partial charge in [0.25, 0.3) is 0 Å². The van der Waals surface area contributed by atoms with Crippen molar-refractivity contribution in [3.63, 3.8) is 0 Å². The third kappa shape index (κ3) is 5.19. The van der Waals surface area contributed by atoms with Crippen molar-refractivity contribution in [3.05, 3.63) is 23.7 Å². The molecule has 8 aliphatic rings. The van der Waals surface area contributed by atoms with Crippen molar-refractivity contribution in [2.75, 3.05) is 19.8 Å². The van der Waals surface area contributed by atoms with Crippen LogP contribution in [0.5, 0.6) is 0 Å². The van der Waals surface area contributed by atoms with E-state index in [1.165, 1.54) is 38.5 Å². The minimum Gasteiger partial charge on any atom is -0.469 e. The van der Waals surface area contributed by atoms with Crippen LogP contribution in [0.3, 0.4) is 0 Å². The molecule has 3 N–H and O–H groups in total. The molecular formula is C43H62N2O9. The van der Waals surface area contributed by atoms with Gasteiger partial charge in [0.05, 0.1) is 30.3 Å². The van der Waals surface area contributed by atoms with Gasteiger partial charge in [-0.25, -0.2) is 4.79 Å². The number of hydrogen-bond acceptors (Lipinski definition) is 11. The summed E-state index contributed by atoms with van der Waals surface area (Å²) in [5, 5.41) is 19.4. The highest BCUT2D eigenvalue weighted by Crippen LogP contribution is 2.80. The lowest BCUT2D eigenvalue weighted by Crippen LogP contribution is -2.76. The highest BCUT2D eigenvalue weighted by molar-refractivity contribution is 5.92. The number of carbonyl (C=O) groups is 3. The number of epoxide rings is 1. The van der Waals surface area contributed by atoms with Crippen LogP contribution in [0.1, 0.15) is 135 Å². The predicted molar refractivity (Wildman–Crippen MR) is 197 cm³/mol. The summed E-state index contributed by atoms with van der Waals surface area (Å²) in [6.07, 6.45) is 12.5. The molecule has 11 heteroatoms. The third-order valence-corrected chi connectivity index (χ3v) is 16.7. The van der Waals surface area contributed by atoms with Crippen LogP contribution in [-0.4, -0.2) is 78.2 Å². The van der Waals surface area contributed by atoms with E-state index < -0.39 is 63.8 Å². The number of ether oxygens (including phenoxy) is 4. The Hall–Kier alpha value is -2.31. The predicted octanol–water partition coefficient (Wildman–Crippen LogP) is 5.71. The Morgan fingerprint density at radius 3 is 2.57 bits per heavy atom. The smallest absolute Gasteiger partial charge is 0.339 e. The van der Waals surface area contributed by atoms with Gasteiger partial charge in [0.2, 0.25) is 0 Å². The van der Waals surface area contributed by atoms with Crippen LogP contribution < -0.4 is 10.6 Å². The summed E-state index contributed by atoms with van der Waals surface area (Å²) in [6, 6.07) is 2.49. The Labute approximate surface area is 319 Å². The third-order valence-electron chi connectivity index (χ3n) is 16.7. The van der Waals surface area contributed by atoms with Gasteiger partial charge >= 0.3 is 11.9 Å². The number of aryl methyl sites for hydroxylation is 1. The summed E-state index contributed by atoms with van der Waals surface area (Å²) in [5.41, 5.74) is -3.89. The first-order valence-electron chi connectivity index (χ1n) is 21.3. The second-order valence-electron chi connectivity index (χ2n) is 19.3. The number of Topliss-reactive ketones (excluding diaryl/α,β-unsaturated/α-hetero) is 1. The summed E-state index contributed by atoms with van der Waals surface area (Å²) in [5.74, 6) is 0.0392. The fourth-order valence-corrected chi connectivity index (χ4v) is 13.9. The number of aliphatic hydroxyl groups excluding tert-OH is 1. The zero-order valence-electron chi connectivity index (χ0n) is 32.8. The van der Waals surface area contributed by atoms with Gasteiger partial charge < -0.3 is 39.1 Å². The number of furan rings is 1. The van der Waals surface area contributed by atoms with Crippen LogP contribution in [0.2, 0.25) is 0 Å². The fourth-order valence-electron chi connectivity index (χ4n) is 13.9. The van der Waals surface area contributed by atoms with Crippen molar-refractivity contribution in [1.29, 1.82) is 0 Å². The lowest BCUT2D eigenvalue weighted by molar-refractivity contribution is -0.252. The lowest BCUT2D eigenvalue weighted by atomic mass is 9.36.